The normalized spacial score (nSPS) is 16.6. The molecule has 1 saturated heterocycles. The monoisotopic (exact) mass is 307 g/mol. The Labute approximate surface area is 125 Å². The summed E-state index contributed by atoms with van der Waals surface area (Å²) in [5, 5.41) is 8.34. The molecule has 1 heterocycles. The number of hydrogen-bond donors (Lipinski definition) is 1. The third kappa shape index (κ3) is 3.43. The molecule has 0 aliphatic carbocycles. The zero-order chi connectivity index (χ0) is 15.4. The second-order valence-corrected chi connectivity index (χ2v) is 5.14. The second-order valence-electron chi connectivity index (χ2n) is 4.15. The number of carbonyl (C=O) groups is 3. The molecule has 6 nitrogen and oxygen atoms in total. The number of ether oxygens (including phenoxy) is 1. The highest BCUT2D eigenvalue weighted by atomic mass is 32.2. The second kappa shape index (κ2) is 6.45. The van der Waals surface area contributed by atoms with Crippen LogP contribution >= 0.6 is 11.8 Å². The zero-order valence-corrected chi connectivity index (χ0v) is 12.1. The van der Waals surface area contributed by atoms with Crippen molar-refractivity contribution in [1.82, 2.24) is 4.90 Å². The summed E-state index contributed by atoms with van der Waals surface area (Å²) in [5.41, 5.74) is 0.556. The van der Waals surface area contributed by atoms with Crippen LogP contribution in [-0.2, 0) is 9.59 Å². The molecule has 110 valence electrons. The molecule has 0 bridgehead atoms. The molecular formula is C14H13NO5S. The van der Waals surface area contributed by atoms with E-state index in [0.717, 1.165) is 16.7 Å². The van der Waals surface area contributed by atoms with E-state index in [-0.39, 0.29) is 11.1 Å². The van der Waals surface area contributed by atoms with Gasteiger partial charge in [0.15, 0.2) is 6.61 Å². The number of imide groups is 1. The van der Waals surface area contributed by atoms with Gasteiger partial charge in [-0.25, -0.2) is 4.79 Å². The van der Waals surface area contributed by atoms with E-state index in [1.54, 1.807) is 31.2 Å². The van der Waals surface area contributed by atoms with Crippen molar-refractivity contribution in [3.05, 3.63) is 34.7 Å². The number of rotatable bonds is 5. The van der Waals surface area contributed by atoms with Gasteiger partial charge in [-0.2, -0.15) is 0 Å². The average Bonchev–Trinajstić information content (AvgIpc) is 2.72. The number of para-hydroxylation sites is 1. The molecule has 0 radical (unpaired) electrons. The van der Waals surface area contributed by atoms with E-state index < -0.39 is 12.6 Å². The highest BCUT2D eigenvalue weighted by Crippen LogP contribution is 2.33. The molecule has 1 aromatic carbocycles. The molecule has 2 rings (SSSR count). The van der Waals surface area contributed by atoms with Gasteiger partial charge in [0.2, 0.25) is 0 Å². The molecule has 2 amide bonds. The first-order valence-corrected chi connectivity index (χ1v) is 7.03. The number of benzene rings is 1. The van der Waals surface area contributed by atoms with E-state index in [1.165, 1.54) is 6.08 Å². The van der Waals surface area contributed by atoms with Crippen LogP contribution in [0.3, 0.4) is 0 Å². The molecule has 1 aromatic rings. The number of hydrogen-bond acceptors (Lipinski definition) is 5. The van der Waals surface area contributed by atoms with E-state index in [2.05, 4.69) is 0 Å². The third-order valence-electron chi connectivity index (χ3n) is 2.75. The Bertz CT molecular complexity index is 626. The highest BCUT2D eigenvalue weighted by molar-refractivity contribution is 8.18. The third-order valence-corrected chi connectivity index (χ3v) is 3.65. The summed E-state index contributed by atoms with van der Waals surface area (Å²) in [6.45, 7) is 1.57. The number of carboxylic acid groups (broad SMARTS) is 1. The summed E-state index contributed by atoms with van der Waals surface area (Å²) < 4.78 is 5.16. The number of carboxylic acids is 1. The predicted molar refractivity (Wildman–Crippen MR) is 77.9 cm³/mol. The lowest BCUT2D eigenvalue weighted by Crippen LogP contribution is -2.27. The Balaban J connectivity index is 2.27. The van der Waals surface area contributed by atoms with Crippen molar-refractivity contribution < 1.29 is 24.2 Å². The maximum Gasteiger partial charge on any atom is 0.341 e. The van der Waals surface area contributed by atoms with Gasteiger partial charge in [0.25, 0.3) is 11.1 Å². The average molecular weight is 307 g/mol. The molecule has 0 aromatic heterocycles. The van der Waals surface area contributed by atoms with Gasteiger partial charge in [0.05, 0.1) is 4.91 Å². The predicted octanol–water partition coefficient (Wildman–Crippen LogP) is 2.21. The van der Waals surface area contributed by atoms with Gasteiger partial charge in [-0.15, -0.1) is 0 Å². The summed E-state index contributed by atoms with van der Waals surface area (Å²) in [6.07, 6.45) is 1.54. The molecule has 0 atom stereocenters. The Morgan fingerprint density at radius 1 is 1.38 bits per heavy atom. The highest BCUT2D eigenvalue weighted by Gasteiger charge is 2.33. The minimum Gasteiger partial charge on any atom is -0.481 e. The van der Waals surface area contributed by atoms with Crippen LogP contribution in [0.2, 0.25) is 0 Å². The number of amides is 2. The summed E-state index contributed by atoms with van der Waals surface area (Å²) in [6, 6.07) is 6.74. The molecule has 0 unspecified atom stereocenters. The minimum atomic E-state index is -1.09. The van der Waals surface area contributed by atoms with Crippen LogP contribution in [0.4, 0.5) is 4.79 Å². The molecule has 1 N–H and O–H groups in total. The lowest BCUT2D eigenvalue weighted by Gasteiger charge is -2.08. The largest absolute Gasteiger partial charge is 0.481 e. The molecule has 1 aliphatic heterocycles. The van der Waals surface area contributed by atoms with E-state index in [0.29, 0.717) is 22.8 Å². The summed E-state index contributed by atoms with van der Waals surface area (Å²) >= 11 is 0.861. The van der Waals surface area contributed by atoms with Crippen LogP contribution < -0.4 is 4.74 Å². The van der Waals surface area contributed by atoms with Crippen LogP contribution in [-0.4, -0.2) is 40.3 Å². The Morgan fingerprint density at radius 2 is 2.10 bits per heavy atom. The van der Waals surface area contributed by atoms with E-state index in [1.807, 2.05) is 0 Å². The van der Waals surface area contributed by atoms with Crippen molar-refractivity contribution in [2.24, 2.45) is 0 Å². The maximum absolute atomic E-state index is 12.0. The zero-order valence-electron chi connectivity index (χ0n) is 11.2. The van der Waals surface area contributed by atoms with E-state index in [4.69, 9.17) is 9.84 Å². The van der Waals surface area contributed by atoms with Crippen molar-refractivity contribution in [3.63, 3.8) is 0 Å². The van der Waals surface area contributed by atoms with Gasteiger partial charge in [-0.05, 0) is 30.8 Å². The van der Waals surface area contributed by atoms with Gasteiger partial charge in [0, 0.05) is 12.1 Å². The van der Waals surface area contributed by atoms with E-state index >= 15 is 0 Å². The number of thioether (sulfide) groups is 1. The Morgan fingerprint density at radius 3 is 2.71 bits per heavy atom. The van der Waals surface area contributed by atoms with Crippen LogP contribution in [0.1, 0.15) is 12.5 Å². The topological polar surface area (TPSA) is 83.9 Å². The minimum absolute atomic E-state index is 0.299. The summed E-state index contributed by atoms with van der Waals surface area (Å²) in [4.78, 5) is 35.6. The van der Waals surface area contributed by atoms with Crippen molar-refractivity contribution in [1.29, 1.82) is 0 Å². The molecule has 0 spiro atoms. The van der Waals surface area contributed by atoms with Gasteiger partial charge in [0.1, 0.15) is 5.75 Å². The first kappa shape index (κ1) is 15.1. The molecular weight excluding hydrogens is 294 g/mol. The van der Waals surface area contributed by atoms with Crippen LogP contribution in [0.25, 0.3) is 6.08 Å². The van der Waals surface area contributed by atoms with Gasteiger partial charge in [-0.1, -0.05) is 18.2 Å². The van der Waals surface area contributed by atoms with Gasteiger partial charge < -0.3 is 9.84 Å². The fourth-order valence-electron chi connectivity index (χ4n) is 1.78. The van der Waals surface area contributed by atoms with Crippen molar-refractivity contribution in [2.45, 2.75) is 6.92 Å². The number of likely N-dealkylation sites (N-methyl/N-ethyl adjacent to an activating group) is 1. The van der Waals surface area contributed by atoms with Crippen molar-refractivity contribution in [3.8, 4) is 5.75 Å². The van der Waals surface area contributed by atoms with E-state index in [9.17, 15) is 14.4 Å². The SMILES string of the molecule is CCN1C(=O)S/C(=C/c2ccccc2OCC(=O)O)C1=O. The lowest BCUT2D eigenvalue weighted by molar-refractivity contribution is -0.139. The number of aliphatic carboxylic acids is 1. The maximum atomic E-state index is 12.0. The van der Waals surface area contributed by atoms with Crippen molar-refractivity contribution >= 4 is 35.0 Å². The first-order chi connectivity index (χ1) is 10.0. The van der Waals surface area contributed by atoms with Gasteiger partial charge >= 0.3 is 5.97 Å². The molecule has 1 fully saturated rings. The fourth-order valence-corrected chi connectivity index (χ4v) is 2.68. The Kier molecular flexibility index (Phi) is 4.64. The number of nitrogens with zero attached hydrogens (tertiary/aromatic N) is 1. The number of carbonyl (C=O) groups excluding carboxylic acids is 2. The smallest absolute Gasteiger partial charge is 0.341 e. The first-order valence-electron chi connectivity index (χ1n) is 6.22. The standard InChI is InChI=1S/C14H13NO5S/c1-2-15-13(18)11(21-14(15)19)7-9-5-3-4-6-10(9)20-8-12(16)17/h3-7H,2,8H2,1H3,(H,16,17)/b11-7+. The van der Waals surface area contributed by atoms with Crippen LogP contribution in [0.5, 0.6) is 5.75 Å². The molecule has 0 saturated carbocycles. The van der Waals surface area contributed by atoms with Crippen molar-refractivity contribution in [2.75, 3.05) is 13.2 Å². The summed E-state index contributed by atoms with van der Waals surface area (Å²) in [7, 11) is 0. The Hall–Kier alpha value is -2.28. The van der Waals surface area contributed by atoms with Gasteiger partial charge in [-0.3, -0.25) is 14.5 Å². The van der Waals surface area contributed by atoms with Crippen LogP contribution in [0.15, 0.2) is 29.2 Å². The molecule has 7 heteroatoms. The van der Waals surface area contributed by atoms with Crippen LogP contribution in [0, 0.1) is 0 Å². The fraction of sp³-hybridized carbons (Fsp3) is 0.214. The molecule has 1 aliphatic rings. The summed E-state index contributed by atoms with van der Waals surface area (Å²) in [5.74, 6) is -1.08. The molecule has 21 heavy (non-hydrogen) atoms. The lowest BCUT2D eigenvalue weighted by atomic mass is 10.2. The quantitative estimate of drug-likeness (QED) is 0.840.